The van der Waals surface area contributed by atoms with Gasteiger partial charge in [-0.3, -0.25) is 20.1 Å². The van der Waals surface area contributed by atoms with Crippen LogP contribution in [0, 0.1) is 0 Å². The molecule has 208 valence electrons. The molecule has 0 spiro atoms. The molecule has 2 amide bonds. The summed E-state index contributed by atoms with van der Waals surface area (Å²) in [6, 6.07) is 18.7. The summed E-state index contributed by atoms with van der Waals surface area (Å²) >= 11 is 0. The summed E-state index contributed by atoms with van der Waals surface area (Å²) < 4.78 is 11.8. The van der Waals surface area contributed by atoms with Gasteiger partial charge in [-0.1, -0.05) is 24.3 Å². The van der Waals surface area contributed by atoms with Crippen LogP contribution in [0.4, 0.5) is 16.2 Å². The molecule has 0 aliphatic heterocycles. The number of carbonyl (C=O) groups is 2. The van der Waals surface area contributed by atoms with Crippen LogP contribution in [0.2, 0.25) is 0 Å². The summed E-state index contributed by atoms with van der Waals surface area (Å²) in [4.78, 5) is 28.9. The summed E-state index contributed by atoms with van der Waals surface area (Å²) in [6.45, 7) is 6.31. The fourth-order valence-electron chi connectivity index (χ4n) is 4.30. The Morgan fingerprint density at radius 2 is 1.85 bits per heavy atom. The number of nitrogens with one attached hydrogen (secondary N) is 2. The topological polar surface area (TPSA) is 139 Å². The number of hydrogen-bond acceptors (Lipinski definition) is 7. The SMILES string of the molecule is CCOc1cc(C(C(=O)NCc2cccc(NC(=O)O)c2)N(N)c2ccc3cnccc3c2)ccc1OC(C)C. The summed E-state index contributed by atoms with van der Waals surface area (Å²) in [7, 11) is 0. The average Bonchev–Trinajstić information content (AvgIpc) is 2.93. The van der Waals surface area contributed by atoms with Crippen LogP contribution in [-0.2, 0) is 11.3 Å². The highest BCUT2D eigenvalue weighted by atomic mass is 16.5. The normalized spacial score (nSPS) is 11.6. The number of aromatic nitrogens is 1. The largest absolute Gasteiger partial charge is 0.490 e. The van der Waals surface area contributed by atoms with Crippen molar-refractivity contribution in [2.45, 2.75) is 39.5 Å². The molecule has 1 atom stereocenters. The molecule has 1 aromatic heterocycles. The van der Waals surface area contributed by atoms with Gasteiger partial charge < -0.3 is 19.9 Å². The molecule has 1 heterocycles. The van der Waals surface area contributed by atoms with E-state index in [0.717, 1.165) is 16.3 Å². The zero-order valence-corrected chi connectivity index (χ0v) is 22.6. The predicted octanol–water partition coefficient (Wildman–Crippen LogP) is 5.25. The van der Waals surface area contributed by atoms with Crippen LogP contribution in [0.15, 0.2) is 79.1 Å². The van der Waals surface area contributed by atoms with Crippen molar-refractivity contribution in [2.24, 2.45) is 5.84 Å². The van der Waals surface area contributed by atoms with Crippen molar-refractivity contribution in [3.63, 3.8) is 0 Å². The molecule has 10 nitrogen and oxygen atoms in total. The van der Waals surface area contributed by atoms with Crippen molar-refractivity contribution in [3.05, 3.63) is 90.3 Å². The molecule has 1 unspecified atom stereocenters. The fraction of sp³-hybridized carbons (Fsp3) is 0.233. The van der Waals surface area contributed by atoms with Crippen molar-refractivity contribution in [1.29, 1.82) is 0 Å². The van der Waals surface area contributed by atoms with E-state index in [1.165, 1.54) is 5.01 Å². The number of anilines is 2. The van der Waals surface area contributed by atoms with Gasteiger partial charge in [0.1, 0.15) is 6.04 Å². The number of hydrazine groups is 1. The van der Waals surface area contributed by atoms with E-state index in [2.05, 4.69) is 15.6 Å². The van der Waals surface area contributed by atoms with Gasteiger partial charge in [0.15, 0.2) is 11.5 Å². The number of carboxylic acid groups (broad SMARTS) is 1. The number of nitrogens with two attached hydrogens (primary N) is 1. The second-order valence-electron chi connectivity index (χ2n) is 9.37. The first kappa shape index (κ1) is 28.2. The Hall–Kier alpha value is -4.83. The highest BCUT2D eigenvalue weighted by Gasteiger charge is 2.28. The molecule has 4 rings (SSSR count). The summed E-state index contributed by atoms with van der Waals surface area (Å²) in [6.07, 6.45) is 2.24. The Bertz CT molecular complexity index is 1490. The van der Waals surface area contributed by atoms with E-state index in [4.69, 9.17) is 20.4 Å². The number of rotatable bonds is 11. The molecule has 4 aromatic rings. The number of fused-ring (bicyclic) bond motifs is 1. The molecule has 0 saturated heterocycles. The van der Waals surface area contributed by atoms with Gasteiger partial charge in [0.25, 0.3) is 0 Å². The zero-order valence-electron chi connectivity index (χ0n) is 22.6. The Labute approximate surface area is 232 Å². The molecule has 0 radical (unpaired) electrons. The van der Waals surface area contributed by atoms with Gasteiger partial charge in [0.05, 0.1) is 18.4 Å². The van der Waals surface area contributed by atoms with Gasteiger partial charge in [-0.05, 0) is 79.7 Å². The summed E-state index contributed by atoms with van der Waals surface area (Å²) in [5.41, 5.74) is 2.36. The van der Waals surface area contributed by atoms with E-state index in [9.17, 15) is 9.59 Å². The number of ether oxygens (including phenoxy) is 2. The minimum absolute atomic E-state index is 0.0615. The van der Waals surface area contributed by atoms with E-state index in [-0.39, 0.29) is 18.6 Å². The lowest BCUT2D eigenvalue weighted by molar-refractivity contribution is -0.122. The van der Waals surface area contributed by atoms with Gasteiger partial charge in [-0.15, -0.1) is 0 Å². The first-order valence-corrected chi connectivity index (χ1v) is 12.9. The van der Waals surface area contributed by atoms with Crippen molar-refractivity contribution >= 4 is 34.1 Å². The van der Waals surface area contributed by atoms with E-state index >= 15 is 0 Å². The average molecular weight is 544 g/mol. The van der Waals surface area contributed by atoms with Crippen LogP contribution in [0.25, 0.3) is 10.8 Å². The van der Waals surface area contributed by atoms with E-state index < -0.39 is 12.1 Å². The standard InChI is InChI=1S/C30H33N5O5/c1-4-39-27-16-22(9-11-26(27)40-19(2)3)28(35(31)25-10-8-23-18-32-13-12-21(23)15-25)29(36)33-17-20-6-5-7-24(14-20)34-30(37)38/h5-16,18-19,28,34H,4,17,31H2,1-3H3,(H,33,36)(H,37,38). The maximum absolute atomic E-state index is 13.8. The van der Waals surface area contributed by atoms with Crippen molar-refractivity contribution in [3.8, 4) is 11.5 Å². The molecule has 40 heavy (non-hydrogen) atoms. The second-order valence-corrected chi connectivity index (χ2v) is 9.37. The fourth-order valence-corrected chi connectivity index (χ4v) is 4.30. The molecule has 0 aliphatic carbocycles. The minimum Gasteiger partial charge on any atom is -0.490 e. The van der Waals surface area contributed by atoms with E-state index in [1.807, 2.05) is 45.0 Å². The van der Waals surface area contributed by atoms with Crippen LogP contribution in [0.5, 0.6) is 11.5 Å². The smallest absolute Gasteiger partial charge is 0.409 e. The van der Waals surface area contributed by atoms with Crippen LogP contribution < -0.4 is 31.0 Å². The van der Waals surface area contributed by atoms with Crippen LogP contribution in [0.3, 0.4) is 0 Å². The highest BCUT2D eigenvalue weighted by Crippen LogP contribution is 2.34. The Balaban J connectivity index is 1.68. The van der Waals surface area contributed by atoms with Gasteiger partial charge in [0.2, 0.25) is 5.91 Å². The van der Waals surface area contributed by atoms with Gasteiger partial charge >= 0.3 is 6.09 Å². The molecule has 10 heteroatoms. The number of benzene rings is 3. The van der Waals surface area contributed by atoms with Gasteiger partial charge in [-0.2, -0.15) is 0 Å². The number of hydrogen-bond donors (Lipinski definition) is 4. The van der Waals surface area contributed by atoms with Gasteiger partial charge in [0, 0.05) is 30.0 Å². The Kier molecular flexibility index (Phi) is 9.03. The van der Waals surface area contributed by atoms with Crippen LogP contribution in [-0.4, -0.2) is 34.8 Å². The lowest BCUT2D eigenvalue weighted by Crippen LogP contribution is -2.44. The Morgan fingerprint density at radius 3 is 2.60 bits per heavy atom. The maximum atomic E-state index is 13.8. The predicted molar refractivity (Wildman–Crippen MR) is 154 cm³/mol. The highest BCUT2D eigenvalue weighted by molar-refractivity contribution is 5.89. The molecular weight excluding hydrogens is 510 g/mol. The van der Waals surface area contributed by atoms with Crippen LogP contribution >= 0.6 is 0 Å². The lowest BCUT2D eigenvalue weighted by atomic mass is 10.0. The summed E-state index contributed by atoms with van der Waals surface area (Å²) in [5, 5.41) is 17.6. The quantitative estimate of drug-likeness (QED) is 0.149. The van der Waals surface area contributed by atoms with E-state index in [0.29, 0.717) is 35.0 Å². The number of carbonyl (C=O) groups excluding carboxylic acids is 1. The molecule has 0 aliphatic rings. The number of amides is 2. The second kappa shape index (κ2) is 12.8. The zero-order chi connectivity index (χ0) is 28.6. The van der Waals surface area contributed by atoms with Crippen molar-refractivity contribution in [1.82, 2.24) is 10.3 Å². The molecule has 0 fully saturated rings. The first-order valence-electron chi connectivity index (χ1n) is 12.9. The summed E-state index contributed by atoms with van der Waals surface area (Å²) in [5.74, 6) is 7.40. The molecule has 0 bridgehead atoms. The first-order chi connectivity index (χ1) is 19.2. The van der Waals surface area contributed by atoms with Crippen molar-refractivity contribution in [2.75, 3.05) is 16.9 Å². The van der Waals surface area contributed by atoms with E-state index in [1.54, 1.807) is 54.9 Å². The number of nitrogens with zero attached hydrogens (tertiary/aromatic N) is 2. The molecular formula is C30H33N5O5. The third kappa shape index (κ3) is 6.97. The molecule has 5 N–H and O–H groups in total. The Morgan fingerprint density at radius 1 is 1.02 bits per heavy atom. The van der Waals surface area contributed by atoms with Crippen molar-refractivity contribution < 1.29 is 24.2 Å². The number of pyridine rings is 1. The van der Waals surface area contributed by atoms with Crippen LogP contribution in [0.1, 0.15) is 37.9 Å². The molecule has 0 saturated carbocycles. The monoisotopic (exact) mass is 543 g/mol. The lowest BCUT2D eigenvalue weighted by Gasteiger charge is -2.29. The third-order valence-corrected chi connectivity index (χ3v) is 6.04. The minimum atomic E-state index is -1.17. The molecule has 3 aromatic carbocycles. The third-order valence-electron chi connectivity index (χ3n) is 6.04. The maximum Gasteiger partial charge on any atom is 0.409 e. The van der Waals surface area contributed by atoms with Gasteiger partial charge in [-0.25, -0.2) is 10.6 Å².